The van der Waals surface area contributed by atoms with Crippen molar-refractivity contribution in [1.82, 2.24) is 48.6 Å². The van der Waals surface area contributed by atoms with Gasteiger partial charge in [0.25, 0.3) is 0 Å². The van der Waals surface area contributed by atoms with Crippen molar-refractivity contribution in [2.24, 2.45) is 0 Å². The molecule has 0 radical (unpaired) electrons. The van der Waals surface area contributed by atoms with Crippen LogP contribution >= 0.6 is 0 Å². The second kappa shape index (κ2) is 17.4. The normalized spacial score (nSPS) is 12.1. The lowest BCUT2D eigenvalue weighted by Gasteiger charge is -2.12. The van der Waals surface area contributed by atoms with Crippen LogP contribution in [-0.2, 0) is 0 Å². The van der Waals surface area contributed by atoms with Gasteiger partial charge in [0.15, 0.2) is 23.3 Å². The van der Waals surface area contributed by atoms with E-state index >= 15 is 0 Å². The van der Waals surface area contributed by atoms with Crippen molar-refractivity contribution in [3.8, 4) is 63.1 Å². The number of hydrogen-bond donors (Lipinski definition) is 0. The van der Waals surface area contributed by atoms with E-state index in [-0.39, 0.29) is 0 Å². The first-order chi connectivity index (χ1) is 41.1. The number of pyridine rings is 1. The van der Waals surface area contributed by atoms with E-state index < -0.39 is 0 Å². The molecule has 386 valence electrons. The van der Waals surface area contributed by atoms with Crippen molar-refractivity contribution in [3.05, 3.63) is 243 Å². The second-order valence-corrected chi connectivity index (χ2v) is 20.9. The molecule has 0 amide bonds. The SMILES string of the molecule is c1ccc(-c2nc(-c3ccccc3)nc(-n3c4ccncc4c4cc(-n5c6ccccc6c6cc7c8ccccc8n(-c8nc(-c9ccc%10oc%11ccccc%11c%10c9)nc(-c9ccc%10oc%11ccccc%11c%10c9)n8)c7cc65)ccc43)n2)cc1. The van der Waals surface area contributed by atoms with Crippen molar-refractivity contribution in [2.45, 2.75) is 0 Å². The van der Waals surface area contributed by atoms with Crippen molar-refractivity contribution < 1.29 is 8.83 Å². The van der Waals surface area contributed by atoms with E-state index in [2.05, 4.69) is 122 Å². The van der Waals surface area contributed by atoms with Crippen molar-refractivity contribution in [1.29, 1.82) is 0 Å². The quantitative estimate of drug-likeness (QED) is 0.153. The molecule has 18 rings (SSSR count). The fourth-order valence-corrected chi connectivity index (χ4v) is 12.5. The van der Waals surface area contributed by atoms with Gasteiger partial charge in [-0.15, -0.1) is 0 Å². The number of para-hydroxylation sites is 4. The molecule has 0 aliphatic carbocycles. The predicted molar refractivity (Wildman–Crippen MR) is 330 cm³/mol. The molecular formula is C71H40N10O2. The third kappa shape index (κ3) is 6.90. The van der Waals surface area contributed by atoms with E-state index in [9.17, 15) is 0 Å². The number of rotatable bonds is 7. The summed E-state index contributed by atoms with van der Waals surface area (Å²) in [7, 11) is 0. The summed E-state index contributed by atoms with van der Waals surface area (Å²) < 4.78 is 19.3. The number of hydrogen-bond acceptors (Lipinski definition) is 9. The third-order valence-electron chi connectivity index (χ3n) is 16.3. The molecule has 0 aliphatic rings. The molecule has 0 fully saturated rings. The zero-order chi connectivity index (χ0) is 54.3. The van der Waals surface area contributed by atoms with Crippen molar-refractivity contribution in [3.63, 3.8) is 0 Å². The number of aromatic nitrogens is 10. The number of nitrogens with zero attached hydrogens (tertiary/aromatic N) is 10. The average molecular weight is 1070 g/mol. The molecule has 0 N–H and O–H groups in total. The Morgan fingerprint density at radius 1 is 0.253 bits per heavy atom. The lowest BCUT2D eigenvalue weighted by molar-refractivity contribution is 0.668. The van der Waals surface area contributed by atoms with Gasteiger partial charge in [0, 0.05) is 94.2 Å². The highest BCUT2D eigenvalue weighted by Crippen LogP contribution is 2.42. The molecular weight excluding hydrogens is 1020 g/mol. The highest BCUT2D eigenvalue weighted by atomic mass is 16.3. The molecule has 0 saturated carbocycles. The Bertz CT molecular complexity index is 5530. The summed E-state index contributed by atoms with van der Waals surface area (Å²) >= 11 is 0. The zero-order valence-electron chi connectivity index (χ0n) is 43.9. The summed E-state index contributed by atoms with van der Waals surface area (Å²) in [6, 6.07) is 79.2. The molecule has 0 atom stereocenters. The molecule has 0 aliphatic heterocycles. The summed E-state index contributed by atoms with van der Waals surface area (Å²) in [6.45, 7) is 0. The number of furan rings is 2. The molecule has 0 saturated heterocycles. The van der Waals surface area contributed by atoms with Crippen molar-refractivity contribution >= 4 is 109 Å². The minimum atomic E-state index is 0.485. The molecule has 8 aromatic heterocycles. The summed E-state index contributed by atoms with van der Waals surface area (Å²) in [5.41, 5.74) is 13.5. The van der Waals surface area contributed by atoms with E-state index in [1.165, 1.54) is 0 Å². The number of benzene rings is 10. The molecule has 83 heavy (non-hydrogen) atoms. The Morgan fingerprint density at radius 3 is 1.27 bits per heavy atom. The van der Waals surface area contributed by atoms with E-state index in [4.69, 9.17) is 38.7 Å². The van der Waals surface area contributed by atoms with Gasteiger partial charge in [0.05, 0.1) is 33.1 Å². The molecule has 12 heteroatoms. The second-order valence-electron chi connectivity index (χ2n) is 20.9. The topological polar surface area (TPSA) is 131 Å². The lowest BCUT2D eigenvalue weighted by atomic mass is 10.1. The van der Waals surface area contributed by atoms with E-state index in [0.29, 0.717) is 35.2 Å². The largest absolute Gasteiger partial charge is 0.456 e. The first-order valence-corrected chi connectivity index (χ1v) is 27.4. The summed E-state index contributed by atoms with van der Waals surface area (Å²) in [6.07, 6.45) is 3.76. The van der Waals surface area contributed by atoms with E-state index in [1.54, 1.807) is 0 Å². The van der Waals surface area contributed by atoms with Crippen LogP contribution in [0.15, 0.2) is 252 Å². The van der Waals surface area contributed by atoms with Crippen LogP contribution in [0.5, 0.6) is 0 Å². The minimum absolute atomic E-state index is 0.485. The van der Waals surface area contributed by atoms with E-state index in [0.717, 1.165) is 137 Å². The Hall–Kier alpha value is -11.6. The van der Waals surface area contributed by atoms with E-state index in [1.807, 2.05) is 140 Å². The van der Waals surface area contributed by atoms with Crippen LogP contribution in [0, 0.1) is 0 Å². The minimum Gasteiger partial charge on any atom is -0.456 e. The van der Waals surface area contributed by atoms with Crippen LogP contribution in [0.2, 0.25) is 0 Å². The van der Waals surface area contributed by atoms with Crippen LogP contribution < -0.4 is 0 Å². The molecule has 10 aromatic carbocycles. The Morgan fingerprint density at radius 2 is 0.687 bits per heavy atom. The monoisotopic (exact) mass is 1060 g/mol. The Labute approximate surface area is 470 Å². The molecule has 0 unspecified atom stereocenters. The fourth-order valence-electron chi connectivity index (χ4n) is 12.5. The summed E-state index contributed by atoms with van der Waals surface area (Å²) in [5, 5.41) is 10.4. The van der Waals surface area contributed by atoms with Gasteiger partial charge in [-0.25, -0.2) is 9.97 Å². The van der Waals surface area contributed by atoms with Gasteiger partial charge >= 0.3 is 0 Å². The van der Waals surface area contributed by atoms with Gasteiger partial charge < -0.3 is 13.4 Å². The average Bonchev–Trinajstić information content (AvgIpc) is 3.02. The lowest BCUT2D eigenvalue weighted by Crippen LogP contribution is -2.06. The molecule has 12 nitrogen and oxygen atoms in total. The maximum absolute atomic E-state index is 6.30. The molecule has 0 spiro atoms. The van der Waals surface area contributed by atoms with Crippen LogP contribution in [0.4, 0.5) is 0 Å². The van der Waals surface area contributed by atoms with Gasteiger partial charge in [-0.1, -0.05) is 133 Å². The van der Waals surface area contributed by atoms with Crippen LogP contribution in [0.25, 0.3) is 172 Å². The maximum atomic E-state index is 6.30. The highest BCUT2D eigenvalue weighted by molar-refractivity contribution is 6.20. The summed E-state index contributed by atoms with van der Waals surface area (Å²) in [5.74, 6) is 3.23. The van der Waals surface area contributed by atoms with Gasteiger partial charge in [-0.3, -0.25) is 14.1 Å². The Kier molecular flexibility index (Phi) is 9.51. The van der Waals surface area contributed by atoms with Gasteiger partial charge in [-0.2, -0.15) is 19.9 Å². The van der Waals surface area contributed by atoms with Gasteiger partial charge in [0.1, 0.15) is 22.3 Å². The van der Waals surface area contributed by atoms with Gasteiger partial charge in [-0.05, 0) is 97.1 Å². The molecule has 0 bridgehead atoms. The number of fused-ring (bicyclic) bond motifs is 15. The third-order valence-corrected chi connectivity index (χ3v) is 16.3. The first kappa shape index (κ1) is 45.3. The predicted octanol–water partition coefficient (Wildman–Crippen LogP) is 17.2. The van der Waals surface area contributed by atoms with Crippen LogP contribution in [-0.4, -0.2) is 48.6 Å². The Balaban J connectivity index is 0.867. The van der Waals surface area contributed by atoms with Crippen molar-refractivity contribution in [2.75, 3.05) is 0 Å². The molecule has 8 heterocycles. The fraction of sp³-hybridized carbons (Fsp3) is 0. The first-order valence-electron chi connectivity index (χ1n) is 27.4. The highest BCUT2D eigenvalue weighted by Gasteiger charge is 2.24. The van der Waals surface area contributed by atoms with Crippen LogP contribution in [0.1, 0.15) is 0 Å². The van der Waals surface area contributed by atoms with Gasteiger partial charge in [0.2, 0.25) is 11.9 Å². The molecule has 18 aromatic rings. The zero-order valence-corrected chi connectivity index (χ0v) is 43.9. The summed E-state index contributed by atoms with van der Waals surface area (Å²) in [4.78, 5) is 36.3. The smallest absolute Gasteiger partial charge is 0.238 e. The maximum Gasteiger partial charge on any atom is 0.238 e. The van der Waals surface area contributed by atoms with Crippen LogP contribution in [0.3, 0.4) is 0 Å². The standard InChI is InChI=1S/C71H40N10O2/c1-3-15-41(16-4-1)66-73-67(42-17-5-2-6-18-42)76-70(75-66)80-58-30-29-45(37-50(58)55-40-72-34-33-59(55)80)79-56-23-11-7-19-46(56)51-38-52-47-20-8-12-24-57(47)81(61(52)39-60(51)79)71-77-68(43-27-31-64-53(35-43)48-21-9-13-25-62(48)82-64)74-69(78-71)44-28-32-65-54(36-44)49-22-10-14-26-63(49)83-65/h1-40H.